The fourth-order valence-electron chi connectivity index (χ4n) is 2.38. The molecule has 26 heavy (non-hydrogen) atoms. The zero-order valence-electron chi connectivity index (χ0n) is 14.0. The van der Waals surface area contributed by atoms with Crippen LogP contribution in [0.4, 0.5) is 0 Å². The first-order chi connectivity index (χ1) is 12.6. The van der Waals surface area contributed by atoms with Gasteiger partial charge in [-0.2, -0.15) is 0 Å². The van der Waals surface area contributed by atoms with E-state index in [2.05, 4.69) is 27.9 Å². The molecule has 1 fully saturated rings. The van der Waals surface area contributed by atoms with Crippen molar-refractivity contribution in [3.63, 3.8) is 0 Å². The van der Waals surface area contributed by atoms with Crippen LogP contribution in [0.1, 0.15) is 18.1 Å². The number of rotatable bonds is 6. The van der Waals surface area contributed by atoms with E-state index < -0.39 is 0 Å². The van der Waals surface area contributed by atoms with Gasteiger partial charge in [0.1, 0.15) is 10.9 Å². The van der Waals surface area contributed by atoms with Gasteiger partial charge in [0.15, 0.2) is 11.5 Å². The Labute approximate surface area is 175 Å². The van der Waals surface area contributed by atoms with Gasteiger partial charge >= 0.3 is 0 Å². The van der Waals surface area contributed by atoms with Crippen molar-refractivity contribution in [2.75, 3.05) is 6.61 Å². The van der Waals surface area contributed by atoms with E-state index in [9.17, 15) is 4.79 Å². The molecule has 0 saturated carbocycles. The first-order valence-corrected chi connectivity index (χ1v) is 10.2. The lowest BCUT2D eigenvalue weighted by atomic mass is 10.2. The first-order valence-electron chi connectivity index (χ1n) is 7.94. The second kappa shape index (κ2) is 8.88. The molecule has 3 rings (SSSR count). The van der Waals surface area contributed by atoms with Gasteiger partial charge in [-0.05, 0) is 58.9 Å². The van der Waals surface area contributed by atoms with Crippen LogP contribution in [0.2, 0.25) is 0 Å². The minimum absolute atomic E-state index is 0.169. The number of nitrogens with one attached hydrogen (secondary N) is 1. The second-order valence-electron chi connectivity index (χ2n) is 5.39. The molecular weight excluding hydrogens is 481 g/mol. The zero-order chi connectivity index (χ0) is 18.5. The molecule has 2 aromatic rings. The highest BCUT2D eigenvalue weighted by atomic mass is 127. The summed E-state index contributed by atoms with van der Waals surface area (Å²) in [5, 5.41) is 2.62. The van der Waals surface area contributed by atoms with Gasteiger partial charge in [-0.1, -0.05) is 54.3 Å². The summed E-state index contributed by atoms with van der Waals surface area (Å²) in [6.07, 6.45) is 1.81. The second-order valence-corrected chi connectivity index (χ2v) is 8.27. The highest BCUT2D eigenvalue weighted by Crippen LogP contribution is 2.36. The first kappa shape index (κ1) is 19.2. The Balaban J connectivity index is 1.87. The van der Waals surface area contributed by atoms with Gasteiger partial charge in [0, 0.05) is 0 Å². The number of amides is 1. The summed E-state index contributed by atoms with van der Waals surface area (Å²) in [4.78, 5) is 12.4. The van der Waals surface area contributed by atoms with Crippen LogP contribution < -0.4 is 14.8 Å². The molecule has 0 spiro atoms. The molecule has 4 nitrogen and oxygen atoms in total. The Morgan fingerprint density at radius 1 is 1.23 bits per heavy atom. The molecule has 0 atom stereocenters. The molecule has 1 amide bonds. The number of halogens is 1. The number of hydrogen-bond acceptors (Lipinski definition) is 5. The third kappa shape index (κ3) is 4.77. The summed E-state index contributed by atoms with van der Waals surface area (Å²) < 4.78 is 13.2. The van der Waals surface area contributed by atoms with E-state index >= 15 is 0 Å². The van der Waals surface area contributed by atoms with Crippen molar-refractivity contribution in [3.05, 3.63) is 62.1 Å². The molecular formula is C19H16INO3S2. The lowest BCUT2D eigenvalue weighted by Gasteiger charge is -2.15. The van der Waals surface area contributed by atoms with Crippen LogP contribution in [-0.2, 0) is 11.4 Å². The van der Waals surface area contributed by atoms with Crippen molar-refractivity contribution in [1.82, 2.24) is 5.32 Å². The molecule has 0 radical (unpaired) electrons. The van der Waals surface area contributed by atoms with E-state index in [1.54, 1.807) is 0 Å². The van der Waals surface area contributed by atoms with Gasteiger partial charge in [0.2, 0.25) is 0 Å². The largest absolute Gasteiger partial charge is 0.490 e. The molecule has 0 aliphatic carbocycles. The zero-order valence-corrected chi connectivity index (χ0v) is 17.7. The molecule has 1 heterocycles. The number of benzene rings is 2. The van der Waals surface area contributed by atoms with Crippen molar-refractivity contribution in [3.8, 4) is 11.5 Å². The predicted octanol–water partition coefficient (Wildman–Crippen LogP) is 4.76. The summed E-state index contributed by atoms with van der Waals surface area (Å²) >= 11 is 8.51. The minimum Gasteiger partial charge on any atom is -0.490 e. The molecule has 134 valence electrons. The molecule has 1 saturated heterocycles. The number of carbonyl (C=O) groups excluding carboxylic acids is 1. The summed E-state index contributed by atoms with van der Waals surface area (Å²) in [6, 6.07) is 13.8. The Hall–Kier alpha value is -1.58. The number of thiocarbonyl (C=S) groups is 1. The summed E-state index contributed by atoms with van der Waals surface area (Å²) in [7, 11) is 0. The van der Waals surface area contributed by atoms with E-state index in [0.717, 1.165) is 14.7 Å². The van der Waals surface area contributed by atoms with Crippen molar-refractivity contribution >= 4 is 62.9 Å². The van der Waals surface area contributed by atoms with Gasteiger partial charge in [-0.15, -0.1) is 0 Å². The van der Waals surface area contributed by atoms with E-state index in [0.29, 0.717) is 33.9 Å². The van der Waals surface area contributed by atoms with Gasteiger partial charge in [-0.3, -0.25) is 4.79 Å². The highest BCUT2D eigenvalue weighted by molar-refractivity contribution is 14.1. The van der Waals surface area contributed by atoms with Crippen LogP contribution in [0.3, 0.4) is 0 Å². The van der Waals surface area contributed by atoms with E-state index in [-0.39, 0.29) is 5.91 Å². The SMILES string of the molecule is CCOc1cc(C=C2SC(=S)NC2=O)cc(I)c1OCc1ccccc1. The molecule has 2 aromatic carbocycles. The quantitative estimate of drug-likeness (QED) is 0.355. The van der Waals surface area contributed by atoms with E-state index in [1.807, 2.05) is 55.5 Å². The monoisotopic (exact) mass is 497 g/mol. The third-order valence-electron chi connectivity index (χ3n) is 3.50. The predicted molar refractivity (Wildman–Crippen MR) is 117 cm³/mol. The highest BCUT2D eigenvalue weighted by Gasteiger charge is 2.22. The lowest BCUT2D eigenvalue weighted by Crippen LogP contribution is -2.17. The molecule has 7 heteroatoms. The van der Waals surface area contributed by atoms with Crippen molar-refractivity contribution in [2.24, 2.45) is 0 Å². The van der Waals surface area contributed by atoms with Crippen LogP contribution in [0.25, 0.3) is 6.08 Å². The van der Waals surface area contributed by atoms with Gasteiger partial charge in [0.05, 0.1) is 15.1 Å². The number of thioether (sulfide) groups is 1. The maximum atomic E-state index is 11.9. The molecule has 1 N–H and O–H groups in total. The smallest absolute Gasteiger partial charge is 0.263 e. The van der Waals surface area contributed by atoms with E-state index in [4.69, 9.17) is 21.7 Å². The maximum absolute atomic E-state index is 11.9. The summed E-state index contributed by atoms with van der Waals surface area (Å²) in [6.45, 7) is 2.92. The van der Waals surface area contributed by atoms with Crippen LogP contribution in [0.5, 0.6) is 11.5 Å². The van der Waals surface area contributed by atoms with Crippen LogP contribution in [-0.4, -0.2) is 16.8 Å². The van der Waals surface area contributed by atoms with Gasteiger partial charge < -0.3 is 14.8 Å². The fraction of sp³-hybridized carbons (Fsp3) is 0.158. The number of carbonyl (C=O) groups is 1. The maximum Gasteiger partial charge on any atom is 0.263 e. The average Bonchev–Trinajstić information content (AvgIpc) is 2.92. The standard InChI is InChI=1S/C19H16INO3S2/c1-2-23-15-9-13(10-16-18(22)21-19(25)26-16)8-14(20)17(15)24-11-12-6-4-3-5-7-12/h3-10H,2,11H2,1H3,(H,21,22,25). The minimum atomic E-state index is -0.169. The summed E-state index contributed by atoms with van der Waals surface area (Å²) in [5.41, 5.74) is 1.96. The third-order valence-corrected chi connectivity index (χ3v) is 5.46. The average molecular weight is 497 g/mol. The molecule has 1 aliphatic rings. The normalized spacial score (nSPS) is 15.2. The lowest BCUT2D eigenvalue weighted by molar-refractivity contribution is -0.115. The summed E-state index contributed by atoms with van der Waals surface area (Å²) in [5.74, 6) is 1.20. The van der Waals surface area contributed by atoms with E-state index in [1.165, 1.54) is 11.8 Å². The fourth-order valence-corrected chi connectivity index (χ4v) is 4.20. The van der Waals surface area contributed by atoms with Crippen LogP contribution in [0.15, 0.2) is 47.4 Å². The van der Waals surface area contributed by atoms with Crippen molar-refractivity contribution in [1.29, 1.82) is 0 Å². The molecule has 0 bridgehead atoms. The van der Waals surface area contributed by atoms with Gasteiger partial charge in [0.25, 0.3) is 5.91 Å². The Morgan fingerprint density at radius 3 is 2.65 bits per heavy atom. The van der Waals surface area contributed by atoms with Gasteiger partial charge in [-0.25, -0.2) is 0 Å². The number of ether oxygens (including phenoxy) is 2. The Bertz CT molecular complexity index is 869. The molecule has 0 unspecified atom stereocenters. The Morgan fingerprint density at radius 2 is 2.00 bits per heavy atom. The number of hydrogen-bond donors (Lipinski definition) is 1. The topological polar surface area (TPSA) is 47.6 Å². The van der Waals surface area contributed by atoms with Crippen molar-refractivity contribution < 1.29 is 14.3 Å². The Kier molecular flexibility index (Phi) is 6.55. The van der Waals surface area contributed by atoms with Crippen molar-refractivity contribution in [2.45, 2.75) is 13.5 Å². The molecule has 1 aliphatic heterocycles. The van der Waals surface area contributed by atoms with Crippen LogP contribution >= 0.6 is 46.6 Å². The van der Waals surface area contributed by atoms with Crippen LogP contribution in [0, 0.1) is 3.57 Å². The molecule has 0 aromatic heterocycles.